The minimum absolute atomic E-state index is 0.166. The van der Waals surface area contributed by atoms with Gasteiger partial charge in [0.15, 0.2) is 6.29 Å². The van der Waals surface area contributed by atoms with Gasteiger partial charge in [-0.15, -0.1) is 0 Å². The van der Waals surface area contributed by atoms with Gasteiger partial charge in [0.25, 0.3) is 0 Å². The van der Waals surface area contributed by atoms with Gasteiger partial charge < -0.3 is 20.5 Å². The highest BCUT2D eigenvalue weighted by molar-refractivity contribution is 4.98. The summed E-state index contributed by atoms with van der Waals surface area (Å²) in [6.45, 7) is 0.611. The fourth-order valence-corrected chi connectivity index (χ4v) is 1.84. The lowest BCUT2D eigenvalue weighted by atomic mass is 10.1. The Morgan fingerprint density at radius 1 is 1.33 bits per heavy atom. The summed E-state index contributed by atoms with van der Waals surface area (Å²) >= 11 is 0. The van der Waals surface area contributed by atoms with E-state index in [4.69, 9.17) is 15.2 Å². The Balaban J connectivity index is 2.27. The summed E-state index contributed by atoms with van der Waals surface area (Å²) in [5.74, 6) is 0. The highest BCUT2D eigenvalue weighted by Gasteiger charge is 2.18. The highest BCUT2D eigenvalue weighted by atomic mass is 16.7. The first kappa shape index (κ1) is 12.6. The van der Waals surface area contributed by atoms with Crippen molar-refractivity contribution in [2.45, 2.75) is 37.6 Å². The van der Waals surface area contributed by atoms with Crippen molar-refractivity contribution in [3.8, 4) is 0 Å². The van der Waals surface area contributed by atoms with E-state index in [1.165, 1.54) is 0 Å². The second-order valence-electron chi connectivity index (χ2n) is 3.88. The average Bonchev–Trinajstić information content (AvgIpc) is 2.76. The maximum atomic E-state index is 5.71. The molecule has 1 aliphatic carbocycles. The van der Waals surface area contributed by atoms with Gasteiger partial charge in [0.2, 0.25) is 0 Å². The molecule has 0 aromatic rings. The lowest BCUT2D eigenvalue weighted by molar-refractivity contribution is -0.110. The van der Waals surface area contributed by atoms with Crippen molar-refractivity contribution in [1.82, 2.24) is 5.32 Å². The summed E-state index contributed by atoms with van der Waals surface area (Å²) in [6, 6.07) is 0.799. The molecule has 0 radical (unpaired) electrons. The molecule has 4 nitrogen and oxygen atoms in total. The Kier molecular flexibility index (Phi) is 5.86. The van der Waals surface area contributed by atoms with Crippen molar-refractivity contribution >= 4 is 0 Å². The van der Waals surface area contributed by atoms with E-state index in [2.05, 4.69) is 17.5 Å². The molecule has 0 saturated carbocycles. The SMILES string of the molecule is COC(CC(CN)NC1CC=CC1)OC. The topological polar surface area (TPSA) is 56.5 Å². The van der Waals surface area contributed by atoms with Crippen molar-refractivity contribution in [1.29, 1.82) is 0 Å². The monoisotopic (exact) mass is 214 g/mol. The normalized spacial score (nSPS) is 18.9. The van der Waals surface area contributed by atoms with Crippen LogP contribution >= 0.6 is 0 Å². The predicted octanol–water partition coefficient (Wildman–Crippen LogP) is 0.631. The molecule has 1 atom stereocenters. The summed E-state index contributed by atoms with van der Waals surface area (Å²) < 4.78 is 10.3. The fraction of sp³-hybridized carbons (Fsp3) is 0.818. The molecule has 0 fully saturated rings. The van der Waals surface area contributed by atoms with Gasteiger partial charge in [0, 0.05) is 39.3 Å². The number of nitrogens with one attached hydrogen (secondary N) is 1. The molecule has 3 N–H and O–H groups in total. The molecule has 1 aliphatic rings. The van der Waals surface area contributed by atoms with Crippen LogP contribution in [0.4, 0.5) is 0 Å². The maximum absolute atomic E-state index is 5.71. The number of rotatable bonds is 7. The fourth-order valence-electron chi connectivity index (χ4n) is 1.84. The average molecular weight is 214 g/mol. The van der Waals surface area contributed by atoms with Crippen LogP contribution in [0.15, 0.2) is 12.2 Å². The van der Waals surface area contributed by atoms with Gasteiger partial charge in [-0.05, 0) is 12.8 Å². The van der Waals surface area contributed by atoms with E-state index in [9.17, 15) is 0 Å². The number of nitrogens with two attached hydrogens (primary N) is 1. The molecule has 0 aromatic heterocycles. The molecule has 1 unspecified atom stereocenters. The van der Waals surface area contributed by atoms with E-state index in [1.807, 2.05) is 0 Å². The second kappa shape index (κ2) is 6.95. The van der Waals surface area contributed by atoms with Crippen LogP contribution < -0.4 is 11.1 Å². The van der Waals surface area contributed by atoms with Gasteiger partial charge in [-0.1, -0.05) is 12.2 Å². The zero-order chi connectivity index (χ0) is 11.1. The van der Waals surface area contributed by atoms with E-state index in [1.54, 1.807) is 14.2 Å². The van der Waals surface area contributed by atoms with Gasteiger partial charge in [-0.2, -0.15) is 0 Å². The number of hydrogen-bond donors (Lipinski definition) is 2. The second-order valence-corrected chi connectivity index (χ2v) is 3.88. The summed E-state index contributed by atoms with van der Waals surface area (Å²) in [6.07, 6.45) is 7.23. The Morgan fingerprint density at radius 3 is 2.40 bits per heavy atom. The predicted molar refractivity (Wildman–Crippen MR) is 60.6 cm³/mol. The molecule has 0 aliphatic heterocycles. The molecule has 0 aromatic carbocycles. The maximum Gasteiger partial charge on any atom is 0.158 e. The third-order valence-corrected chi connectivity index (χ3v) is 2.77. The lowest BCUT2D eigenvalue weighted by Gasteiger charge is -2.24. The van der Waals surface area contributed by atoms with Crippen molar-refractivity contribution in [3.63, 3.8) is 0 Å². The van der Waals surface area contributed by atoms with E-state index in [0.29, 0.717) is 12.6 Å². The van der Waals surface area contributed by atoms with Gasteiger partial charge >= 0.3 is 0 Å². The minimum atomic E-state index is -0.166. The first-order valence-corrected chi connectivity index (χ1v) is 5.46. The van der Waals surface area contributed by atoms with Crippen LogP contribution in [-0.4, -0.2) is 39.1 Å². The lowest BCUT2D eigenvalue weighted by Crippen LogP contribution is -2.44. The summed E-state index contributed by atoms with van der Waals surface area (Å²) in [5, 5.41) is 3.52. The Morgan fingerprint density at radius 2 is 1.93 bits per heavy atom. The quantitative estimate of drug-likeness (QED) is 0.482. The molecule has 0 heterocycles. The summed E-state index contributed by atoms with van der Waals surface area (Å²) in [5.41, 5.74) is 5.71. The van der Waals surface area contributed by atoms with Crippen LogP contribution in [0.25, 0.3) is 0 Å². The largest absolute Gasteiger partial charge is 0.356 e. The zero-order valence-electron chi connectivity index (χ0n) is 9.61. The van der Waals surface area contributed by atoms with E-state index in [0.717, 1.165) is 19.3 Å². The molecular formula is C11H22N2O2. The van der Waals surface area contributed by atoms with Gasteiger partial charge in [-0.3, -0.25) is 0 Å². The van der Waals surface area contributed by atoms with Crippen LogP contribution in [0.1, 0.15) is 19.3 Å². The van der Waals surface area contributed by atoms with E-state index < -0.39 is 0 Å². The highest BCUT2D eigenvalue weighted by Crippen LogP contribution is 2.11. The van der Waals surface area contributed by atoms with Crippen LogP contribution in [-0.2, 0) is 9.47 Å². The first-order valence-electron chi connectivity index (χ1n) is 5.46. The molecule has 0 spiro atoms. The number of ether oxygens (including phenoxy) is 2. The smallest absolute Gasteiger partial charge is 0.158 e. The summed E-state index contributed by atoms with van der Waals surface area (Å²) in [7, 11) is 3.30. The van der Waals surface area contributed by atoms with Crippen molar-refractivity contribution in [2.75, 3.05) is 20.8 Å². The van der Waals surface area contributed by atoms with E-state index >= 15 is 0 Å². The molecule has 1 rings (SSSR count). The van der Waals surface area contributed by atoms with Crippen molar-refractivity contribution < 1.29 is 9.47 Å². The Labute approximate surface area is 91.8 Å². The van der Waals surface area contributed by atoms with Gasteiger partial charge in [-0.25, -0.2) is 0 Å². The number of methoxy groups -OCH3 is 2. The molecule has 0 saturated heterocycles. The molecule has 88 valence electrons. The zero-order valence-corrected chi connectivity index (χ0v) is 9.61. The van der Waals surface area contributed by atoms with Gasteiger partial charge in [0.05, 0.1) is 0 Å². The summed E-state index contributed by atoms with van der Waals surface area (Å²) in [4.78, 5) is 0. The van der Waals surface area contributed by atoms with Crippen molar-refractivity contribution in [3.05, 3.63) is 12.2 Å². The Bertz CT molecular complexity index is 181. The first-order chi connectivity index (χ1) is 7.30. The molecule has 15 heavy (non-hydrogen) atoms. The van der Waals surface area contributed by atoms with Crippen LogP contribution in [0.2, 0.25) is 0 Å². The third kappa shape index (κ3) is 4.30. The van der Waals surface area contributed by atoms with E-state index in [-0.39, 0.29) is 12.3 Å². The number of hydrogen-bond acceptors (Lipinski definition) is 4. The molecule has 4 heteroatoms. The van der Waals surface area contributed by atoms with Crippen LogP contribution in [0.5, 0.6) is 0 Å². The molecule has 0 bridgehead atoms. The van der Waals surface area contributed by atoms with Crippen LogP contribution in [0.3, 0.4) is 0 Å². The minimum Gasteiger partial charge on any atom is -0.356 e. The molecule has 0 amide bonds. The molecular weight excluding hydrogens is 192 g/mol. The Hall–Kier alpha value is -0.420. The third-order valence-electron chi connectivity index (χ3n) is 2.77. The van der Waals surface area contributed by atoms with Gasteiger partial charge in [0.1, 0.15) is 0 Å². The van der Waals surface area contributed by atoms with Crippen LogP contribution in [0, 0.1) is 0 Å². The van der Waals surface area contributed by atoms with Crippen molar-refractivity contribution in [2.24, 2.45) is 5.73 Å². The standard InChI is InChI=1S/C11H22N2O2/c1-14-11(15-2)7-10(8-12)13-9-5-3-4-6-9/h3-4,9-11,13H,5-8,12H2,1-2H3.